The van der Waals surface area contributed by atoms with Crippen molar-refractivity contribution in [3.63, 3.8) is 0 Å². The summed E-state index contributed by atoms with van der Waals surface area (Å²) in [6.45, 7) is 4.11. The fraction of sp³-hybridized carbons (Fsp3) is 0.269. The molecule has 0 radical (unpaired) electrons. The molecule has 14 heteroatoms. The second kappa shape index (κ2) is 11.4. The maximum Gasteiger partial charge on any atom is 0.434 e. The number of benzene rings is 1. The number of urea groups is 1. The van der Waals surface area contributed by atoms with Crippen LogP contribution in [0.5, 0.6) is 0 Å². The van der Waals surface area contributed by atoms with Crippen LogP contribution in [0.25, 0.3) is 32.6 Å². The smallest absolute Gasteiger partial charge is 0.434 e. The fourth-order valence-corrected chi connectivity index (χ4v) is 5.00. The zero-order chi connectivity index (χ0) is 29.2. The van der Waals surface area contributed by atoms with E-state index in [9.17, 15) is 32.7 Å². The third kappa shape index (κ3) is 5.82. The Morgan fingerprint density at radius 1 is 1.23 bits per heavy atom. The Morgan fingerprint density at radius 2 is 1.98 bits per heavy atom. The Labute approximate surface area is 229 Å². The number of anilines is 1. The molecule has 4 aromatic rings. The van der Waals surface area contributed by atoms with Gasteiger partial charge in [-0.1, -0.05) is 6.07 Å². The lowest BCUT2D eigenvalue weighted by Crippen LogP contribution is -2.28. The first-order chi connectivity index (χ1) is 18.9. The number of fused-ring (bicyclic) bond motifs is 1. The lowest BCUT2D eigenvalue weighted by atomic mass is 9.99. The third-order valence-corrected chi connectivity index (χ3v) is 6.84. The van der Waals surface area contributed by atoms with Gasteiger partial charge in [-0.25, -0.2) is 19.6 Å². The highest BCUT2D eigenvalue weighted by molar-refractivity contribution is 7.13. The topological polar surface area (TPSA) is 135 Å². The van der Waals surface area contributed by atoms with Gasteiger partial charge in [0.2, 0.25) is 5.43 Å². The van der Waals surface area contributed by atoms with Crippen molar-refractivity contribution in [2.75, 3.05) is 25.6 Å². The third-order valence-electron chi connectivity index (χ3n) is 5.96. The van der Waals surface area contributed by atoms with Gasteiger partial charge in [0.25, 0.3) is 0 Å². The van der Waals surface area contributed by atoms with Crippen molar-refractivity contribution < 1.29 is 32.6 Å². The van der Waals surface area contributed by atoms with Crippen LogP contribution in [0.3, 0.4) is 0 Å². The van der Waals surface area contributed by atoms with E-state index in [4.69, 9.17) is 4.74 Å². The molecular formula is C26H24F3N5O5S. The van der Waals surface area contributed by atoms with Crippen LogP contribution in [0.2, 0.25) is 0 Å². The Hall–Kier alpha value is -4.30. The number of carbonyl (C=O) groups excluding carboxylic acids is 1. The first-order valence-corrected chi connectivity index (χ1v) is 12.8. The molecule has 2 amide bonds. The maximum atomic E-state index is 13.3. The minimum atomic E-state index is -4.66. The van der Waals surface area contributed by atoms with E-state index in [1.165, 1.54) is 31.6 Å². The number of carbonyl (C=O) groups is 2. The highest BCUT2D eigenvalue weighted by Gasteiger charge is 2.34. The summed E-state index contributed by atoms with van der Waals surface area (Å²) in [5.74, 6) is -1.33. The number of alkyl halides is 3. The van der Waals surface area contributed by atoms with Crippen LogP contribution in [-0.2, 0) is 10.9 Å². The number of methoxy groups -OCH3 is 1. The van der Waals surface area contributed by atoms with Gasteiger partial charge in [-0.05, 0) is 37.6 Å². The first kappa shape index (κ1) is 28.7. The highest BCUT2D eigenvalue weighted by Crippen LogP contribution is 2.39. The summed E-state index contributed by atoms with van der Waals surface area (Å²) in [6, 6.07) is 5.26. The molecule has 40 heavy (non-hydrogen) atoms. The van der Waals surface area contributed by atoms with Gasteiger partial charge in [0.1, 0.15) is 16.4 Å². The van der Waals surface area contributed by atoms with E-state index in [-0.39, 0.29) is 34.4 Å². The molecule has 0 spiro atoms. The van der Waals surface area contributed by atoms with Gasteiger partial charge in [0, 0.05) is 47.9 Å². The van der Waals surface area contributed by atoms with Gasteiger partial charge in [-0.2, -0.15) is 13.2 Å². The number of hydrogen-bond acceptors (Lipinski definition) is 7. The van der Waals surface area contributed by atoms with Crippen LogP contribution in [0.4, 0.5) is 23.8 Å². The number of rotatable bonds is 8. The van der Waals surface area contributed by atoms with E-state index in [0.29, 0.717) is 23.2 Å². The van der Waals surface area contributed by atoms with Crippen molar-refractivity contribution in [3.8, 4) is 21.7 Å². The summed E-state index contributed by atoms with van der Waals surface area (Å²) < 4.78 is 46.8. The summed E-state index contributed by atoms with van der Waals surface area (Å²) in [6.07, 6.45) is -2.05. The largest absolute Gasteiger partial charge is 0.477 e. The molecule has 0 saturated heterocycles. The Balaban J connectivity index is 1.94. The number of aromatic carboxylic acids is 1. The molecule has 0 fully saturated rings. The quantitative estimate of drug-likeness (QED) is 0.261. The predicted molar refractivity (Wildman–Crippen MR) is 144 cm³/mol. The lowest BCUT2D eigenvalue weighted by Gasteiger charge is -2.19. The summed E-state index contributed by atoms with van der Waals surface area (Å²) in [5, 5.41) is 15.7. The van der Waals surface area contributed by atoms with Crippen LogP contribution < -0.4 is 16.1 Å². The van der Waals surface area contributed by atoms with Crippen LogP contribution in [-0.4, -0.2) is 51.9 Å². The molecule has 0 bridgehead atoms. The minimum Gasteiger partial charge on any atom is -0.477 e. The van der Waals surface area contributed by atoms with Crippen molar-refractivity contribution in [1.29, 1.82) is 0 Å². The summed E-state index contributed by atoms with van der Waals surface area (Å²) >= 11 is 0.756. The maximum absolute atomic E-state index is 13.3. The summed E-state index contributed by atoms with van der Waals surface area (Å²) in [4.78, 5) is 45.0. The van der Waals surface area contributed by atoms with Crippen molar-refractivity contribution in [2.24, 2.45) is 0 Å². The zero-order valence-corrected chi connectivity index (χ0v) is 22.3. The second-order valence-corrected chi connectivity index (χ2v) is 9.61. The van der Waals surface area contributed by atoms with Gasteiger partial charge < -0.3 is 19.7 Å². The number of nitrogens with one attached hydrogen (secondary N) is 2. The molecule has 1 atom stereocenters. The van der Waals surface area contributed by atoms with E-state index in [2.05, 4.69) is 20.6 Å². The molecule has 4 rings (SSSR count). The molecule has 10 nitrogen and oxygen atoms in total. The number of pyridine rings is 2. The summed E-state index contributed by atoms with van der Waals surface area (Å²) in [7, 11) is 1.50. The number of hydrogen-bond donors (Lipinski definition) is 3. The van der Waals surface area contributed by atoms with Crippen molar-refractivity contribution in [2.45, 2.75) is 26.1 Å². The number of halogens is 3. The summed E-state index contributed by atoms with van der Waals surface area (Å²) in [5.41, 5.74) is -0.861. The number of carboxylic acid groups (broad SMARTS) is 1. The predicted octanol–water partition coefficient (Wildman–Crippen LogP) is 5.25. The number of amides is 2. The molecule has 3 N–H and O–H groups in total. The molecular weight excluding hydrogens is 551 g/mol. The number of ether oxygens (including phenoxy) is 1. The average Bonchev–Trinajstić information content (AvgIpc) is 3.40. The van der Waals surface area contributed by atoms with E-state index < -0.39 is 34.9 Å². The Kier molecular flexibility index (Phi) is 8.21. The van der Waals surface area contributed by atoms with Crippen LogP contribution in [0.1, 0.15) is 35.9 Å². The van der Waals surface area contributed by atoms with Gasteiger partial charge in [0.15, 0.2) is 5.69 Å². The van der Waals surface area contributed by atoms with Crippen molar-refractivity contribution in [1.82, 2.24) is 19.9 Å². The average molecular weight is 576 g/mol. The van der Waals surface area contributed by atoms with E-state index in [0.717, 1.165) is 16.7 Å². The van der Waals surface area contributed by atoms with Gasteiger partial charge in [-0.3, -0.25) is 10.1 Å². The highest BCUT2D eigenvalue weighted by atomic mass is 32.1. The van der Waals surface area contributed by atoms with Crippen molar-refractivity contribution >= 4 is 40.1 Å². The Bertz CT molecular complexity index is 1650. The molecule has 210 valence electrons. The van der Waals surface area contributed by atoms with Gasteiger partial charge in [0.05, 0.1) is 18.2 Å². The molecule has 0 saturated carbocycles. The molecule has 3 heterocycles. The normalized spacial score (nSPS) is 12.3. The lowest BCUT2D eigenvalue weighted by molar-refractivity contribution is -0.140. The molecule has 3 aromatic heterocycles. The molecule has 0 aliphatic rings. The van der Waals surface area contributed by atoms with Crippen molar-refractivity contribution in [3.05, 3.63) is 63.5 Å². The SMILES string of the molecule is CCNC(=O)Nc1cc(-c2nc(C(F)(F)F)cs2)c(-c2ccc3c(c2)c(=O)c(C(=O)O)cn3C(C)COC)cn1. The van der Waals surface area contributed by atoms with Crippen LogP contribution >= 0.6 is 11.3 Å². The standard InChI is InChI=1S/C26H24F3N5O5S/c1-4-30-25(38)33-21-8-15(23-32-20(12-40-23)26(27,28)29)17(9-31-21)14-5-6-19-16(7-14)22(35)18(24(36)37)10-34(19)13(2)11-39-3/h5-10,12-13H,4,11H2,1-3H3,(H,36,37)(H2,30,31,33,38). The number of aromatic nitrogens is 3. The van der Waals surface area contributed by atoms with E-state index >= 15 is 0 Å². The van der Waals surface area contributed by atoms with E-state index in [1.807, 2.05) is 0 Å². The number of nitrogens with zero attached hydrogens (tertiary/aromatic N) is 3. The second-order valence-electron chi connectivity index (χ2n) is 8.76. The van der Waals surface area contributed by atoms with Crippen LogP contribution in [0.15, 0.2) is 46.8 Å². The molecule has 0 aliphatic carbocycles. The van der Waals surface area contributed by atoms with Crippen LogP contribution in [0, 0.1) is 0 Å². The van der Waals surface area contributed by atoms with Gasteiger partial charge >= 0.3 is 18.2 Å². The molecule has 0 aliphatic heterocycles. The zero-order valence-electron chi connectivity index (χ0n) is 21.5. The van der Waals surface area contributed by atoms with E-state index in [1.54, 1.807) is 30.5 Å². The fourth-order valence-electron chi connectivity index (χ4n) is 4.14. The minimum absolute atomic E-state index is 0.00851. The Morgan fingerprint density at radius 3 is 2.60 bits per heavy atom. The number of thiazole rings is 1. The monoisotopic (exact) mass is 575 g/mol. The van der Waals surface area contributed by atoms with Gasteiger partial charge in [-0.15, -0.1) is 11.3 Å². The molecule has 1 unspecified atom stereocenters. The first-order valence-electron chi connectivity index (χ1n) is 11.9. The number of carboxylic acids is 1. The molecule has 1 aromatic carbocycles.